The minimum absolute atomic E-state index is 0.283. The zero-order valence-corrected chi connectivity index (χ0v) is 16.0. The van der Waals surface area contributed by atoms with E-state index in [4.69, 9.17) is 19.7 Å². The Morgan fingerprint density at radius 2 is 2.07 bits per heavy atom. The van der Waals surface area contributed by atoms with E-state index in [9.17, 15) is 0 Å². The van der Waals surface area contributed by atoms with Gasteiger partial charge in [-0.3, -0.25) is 0 Å². The number of nitrogens with one attached hydrogen (secondary N) is 1. The third-order valence-corrected chi connectivity index (χ3v) is 4.38. The molecule has 0 aliphatic carbocycles. The Kier molecular flexibility index (Phi) is 6.25. The molecule has 0 bridgehead atoms. The van der Waals surface area contributed by atoms with Crippen molar-refractivity contribution in [1.29, 1.82) is 0 Å². The van der Waals surface area contributed by atoms with Crippen molar-refractivity contribution in [2.45, 2.75) is 13.8 Å². The van der Waals surface area contributed by atoms with Gasteiger partial charge in [-0.05, 0) is 32.5 Å². The third-order valence-electron chi connectivity index (χ3n) is 4.38. The standard InChI is InChI=1S/C18H26N6O3/c1-12-10-15(27-13(12)2)17(23-19)14-11-16(24-5-8-25-9-6-24)22-18(21-14)26-7-4-20-3/h10-11,20H,4-9,19H2,1-3H3/b23-17+. The molecule has 2 aromatic rings. The van der Waals surface area contributed by atoms with Crippen LogP contribution in [-0.4, -0.2) is 62.2 Å². The first kappa shape index (κ1) is 19.1. The lowest BCUT2D eigenvalue weighted by Gasteiger charge is -2.28. The van der Waals surface area contributed by atoms with E-state index in [1.165, 1.54) is 0 Å². The quantitative estimate of drug-likeness (QED) is 0.317. The number of ether oxygens (including phenoxy) is 2. The normalized spacial score (nSPS) is 15.2. The fourth-order valence-corrected chi connectivity index (χ4v) is 2.74. The summed E-state index contributed by atoms with van der Waals surface area (Å²) in [6.07, 6.45) is 0. The second-order valence-electron chi connectivity index (χ2n) is 6.27. The van der Waals surface area contributed by atoms with Crippen molar-refractivity contribution in [3.8, 4) is 6.01 Å². The predicted octanol–water partition coefficient (Wildman–Crippen LogP) is 0.832. The lowest BCUT2D eigenvalue weighted by atomic mass is 10.2. The average molecular weight is 374 g/mol. The van der Waals surface area contributed by atoms with Crippen LogP contribution in [0.5, 0.6) is 6.01 Å². The molecule has 0 radical (unpaired) electrons. The van der Waals surface area contributed by atoms with Crippen LogP contribution < -0.4 is 20.8 Å². The first-order valence-corrected chi connectivity index (χ1v) is 8.97. The van der Waals surface area contributed by atoms with Crippen LogP contribution in [0.4, 0.5) is 5.82 Å². The zero-order chi connectivity index (χ0) is 19.2. The number of hydrazone groups is 1. The first-order chi connectivity index (χ1) is 13.1. The van der Waals surface area contributed by atoms with Gasteiger partial charge in [0, 0.05) is 25.7 Å². The lowest BCUT2D eigenvalue weighted by molar-refractivity contribution is 0.122. The molecule has 1 aliphatic heterocycles. The number of nitrogens with two attached hydrogens (primary N) is 1. The van der Waals surface area contributed by atoms with E-state index in [-0.39, 0.29) is 6.01 Å². The summed E-state index contributed by atoms with van der Waals surface area (Å²) in [6, 6.07) is 4.04. The van der Waals surface area contributed by atoms with E-state index >= 15 is 0 Å². The van der Waals surface area contributed by atoms with Crippen LogP contribution in [0.15, 0.2) is 21.7 Å². The highest BCUT2D eigenvalue weighted by Crippen LogP contribution is 2.22. The highest BCUT2D eigenvalue weighted by atomic mass is 16.5. The molecule has 0 aromatic carbocycles. The summed E-state index contributed by atoms with van der Waals surface area (Å²) in [7, 11) is 1.86. The molecule has 3 rings (SSSR count). The molecular formula is C18H26N6O3. The molecule has 9 nitrogen and oxygen atoms in total. The van der Waals surface area contributed by atoms with Crippen molar-refractivity contribution in [1.82, 2.24) is 15.3 Å². The molecule has 1 fully saturated rings. The van der Waals surface area contributed by atoms with Gasteiger partial charge in [0.05, 0.1) is 13.2 Å². The molecule has 3 N–H and O–H groups in total. The number of likely N-dealkylation sites (N-methyl/N-ethyl adjacent to an activating group) is 1. The summed E-state index contributed by atoms with van der Waals surface area (Å²) in [6.45, 7) is 7.83. The maximum absolute atomic E-state index is 5.79. The largest absolute Gasteiger partial charge is 0.462 e. The van der Waals surface area contributed by atoms with Crippen molar-refractivity contribution in [3.05, 3.63) is 34.9 Å². The monoisotopic (exact) mass is 374 g/mol. The predicted molar refractivity (Wildman–Crippen MR) is 102 cm³/mol. The van der Waals surface area contributed by atoms with Crippen LogP contribution in [0.25, 0.3) is 0 Å². The van der Waals surface area contributed by atoms with E-state index < -0.39 is 0 Å². The molecule has 0 amide bonds. The van der Waals surface area contributed by atoms with E-state index in [1.807, 2.05) is 33.0 Å². The van der Waals surface area contributed by atoms with Gasteiger partial charge >= 0.3 is 6.01 Å². The molecule has 1 saturated heterocycles. The number of morpholine rings is 1. The molecule has 9 heteroatoms. The SMILES string of the molecule is CNCCOc1nc(/C(=N\N)c2cc(C)c(C)o2)cc(N2CCOCC2)n1. The lowest BCUT2D eigenvalue weighted by Crippen LogP contribution is -2.37. The van der Waals surface area contributed by atoms with Gasteiger partial charge in [-0.1, -0.05) is 0 Å². The Morgan fingerprint density at radius 1 is 1.30 bits per heavy atom. The van der Waals surface area contributed by atoms with Crippen LogP contribution in [0, 0.1) is 13.8 Å². The van der Waals surface area contributed by atoms with Crippen LogP contribution in [0.1, 0.15) is 22.8 Å². The summed E-state index contributed by atoms with van der Waals surface area (Å²) in [5, 5.41) is 6.96. The molecule has 0 saturated carbocycles. The molecule has 0 atom stereocenters. The van der Waals surface area contributed by atoms with Gasteiger partial charge in [-0.15, -0.1) is 0 Å². The maximum Gasteiger partial charge on any atom is 0.319 e. The topological polar surface area (TPSA) is 111 Å². The van der Waals surface area contributed by atoms with E-state index in [1.54, 1.807) is 0 Å². The Labute approximate surface area is 158 Å². The minimum atomic E-state index is 0.283. The fraction of sp³-hybridized carbons (Fsp3) is 0.500. The molecule has 2 aromatic heterocycles. The fourth-order valence-electron chi connectivity index (χ4n) is 2.74. The first-order valence-electron chi connectivity index (χ1n) is 8.97. The Balaban J connectivity index is 1.97. The number of hydrogen-bond acceptors (Lipinski definition) is 9. The summed E-state index contributed by atoms with van der Waals surface area (Å²) in [5.74, 6) is 7.82. The van der Waals surface area contributed by atoms with Crippen molar-refractivity contribution in [2.24, 2.45) is 10.9 Å². The molecule has 0 spiro atoms. The number of rotatable bonds is 7. The average Bonchev–Trinajstić information content (AvgIpc) is 3.01. The van der Waals surface area contributed by atoms with Crippen LogP contribution in [0.3, 0.4) is 0 Å². The summed E-state index contributed by atoms with van der Waals surface area (Å²) < 4.78 is 16.9. The molecule has 146 valence electrons. The molecule has 0 unspecified atom stereocenters. The minimum Gasteiger partial charge on any atom is -0.462 e. The molecule has 27 heavy (non-hydrogen) atoms. The van der Waals surface area contributed by atoms with E-state index in [2.05, 4.69) is 25.3 Å². The Hall–Kier alpha value is -2.65. The molecule has 3 heterocycles. The smallest absolute Gasteiger partial charge is 0.319 e. The number of hydrogen-bond donors (Lipinski definition) is 2. The molecule has 1 aliphatic rings. The van der Waals surface area contributed by atoms with Crippen LogP contribution in [0.2, 0.25) is 0 Å². The Bertz CT molecular complexity index is 779. The Morgan fingerprint density at radius 3 is 2.70 bits per heavy atom. The van der Waals surface area contributed by atoms with Crippen molar-refractivity contribution in [2.75, 3.05) is 51.4 Å². The summed E-state index contributed by atoms with van der Waals surface area (Å²) in [5.41, 5.74) is 2.04. The number of aromatic nitrogens is 2. The number of furan rings is 1. The van der Waals surface area contributed by atoms with Crippen LogP contribution >= 0.6 is 0 Å². The van der Waals surface area contributed by atoms with Gasteiger partial charge in [-0.2, -0.15) is 15.1 Å². The van der Waals surface area contributed by atoms with Gasteiger partial charge in [0.2, 0.25) is 0 Å². The van der Waals surface area contributed by atoms with Gasteiger partial charge in [0.1, 0.15) is 23.9 Å². The van der Waals surface area contributed by atoms with Crippen molar-refractivity contribution >= 4 is 11.5 Å². The van der Waals surface area contributed by atoms with Crippen molar-refractivity contribution < 1.29 is 13.9 Å². The summed E-state index contributed by atoms with van der Waals surface area (Å²) >= 11 is 0. The van der Waals surface area contributed by atoms with Gasteiger partial charge in [-0.25, -0.2) is 0 Å². The second kappa shape index (κ2) is 8.83. The number of anilines is 1. The zero-order valence-electron chi connectivity index (χ0n) is 16.0. The van der Waals surface area contributed by atoms with E-state index in [0.717, 1.165) is 30.2 Å². The second-order valence-corrected chi connectivity index (χ2v) is 6.27. The molecular weight excluding hydrogens is 348 g/mol. The highest BCUT2D eigenvalue weighted by molar-refractivity contribution is 6.10. The highest BCUT2D eigenvalue weighted by Gasteiger charge is 2.20. The third kappa shape index (κ3) is 4.55. The van der Waals surface area contributed by atoms with Crippen molar-refractivity contribution in [3.63, 3.8) is 0 Å². The van der Waals surface area contributed by atoms with Gasteiger partial charge in [0.25, 0.3) is 0 Å². The number of nitrogens with zero attached hydrogens (tertiary/aromatic N) is 4. The van der Waals surface area contributed by atoms with Crippen LogP contribution in [-0.2, 0) is 4.74 Å². The van der Waals surface area contributed by atoms with E-state index in [0.29, 0.717) is 43.5 Å². The van der Waals surface area contributed by atoms with Gasteiger partial charge in [0.15, 0.2) is 11.5 Å². The number of aryl methyl sites for hydroxylation is 2. The van der Waals surface area contributed by atoms with Gasteiger partial charge < -0.3 is 30.0 Å². The summed E-state index contributed by atoms with van der Waals surface area (Å²) in [4.78, 5) is 11.2. The maximum atomic E-state index is 5.79.